The lowest BCUT2D eigenvalue weighted by molar-refractivity contribution is 0.506. The van der Waals surface area contributed by atoms with Crippen LogP contribution in [-0.2, 0) is 11.8 Å². The molecular formula is C16H26. The van der Waals surface area contributed by atoms with Crippen molar-refractivity contribution in [1.82, 2.24) is 0 Å². The van der Waals surface area contributed by atoms with Crippen LogP contribution >= 0.6 is 0 Å². The van der Waals surface area contributed by atoms with Crippen LogP contribution in [0.2, 0.25) is 0 Å². The topological polar surface area (TPSA) is 0 Å². The summed E-state index contributed by atoms with van der Waals surface area (Å²) in [6.45, 7) is 14.6. The van der Waals surface area contributed by atoms with Gasteiger partial charge in [0.25, 0.3) is 0 Å². The number of hydrogen-bond donors (Lipinski definition) is 0. The molecule has 0 amide bonds. The number of allylic oxidation sites excluding steroid dienone is 1. The lowest BCUT2D eigenvalue weighted by atomic mass is 9.82. The van der Waals surface area contributed by atoms with Crippen LogP contribution in [0.5, 0.6) is 0 Å². The van der Waals surface area contributed by atoms with E-state index in [4.69, 9.17) is 0 Å². The molecule has 0 saturated heterocycles. The van der Waals surface area contributed by atoms with Gasteiger partial charge in [-0.05, 0) is 29.4 Å². The first-order valence-electron chi connectivity index (χ1n) is 6.30. The van der Waals surface area contributed by atoms with Crippen molar-refractivity contribution in [2.75, 3.05) is 0 Å². The van der Waals surface area contributed by atoms with E-state index in [0.29, 0.717) is 5.41 Å². The summed E-state index contributed by atoms with van der Waals surface area (Å²) >= 11 is 0. The molecule has 0 heteroatoms. The number of rotatable bonds is 4. The first kappa shape index (κ1) is 15.0. The molecule has 1 rings (SSSR count). The fourth-order valence-electron chi connectivity index (χ4n) is 1.46. The minimum Gasteiger partial charge on any atom is -0.103 e. The van der Waals surface area contributed by atoms with Crippen LogP contribution < -0.4 is 0 Å². The lowest BCUT2D eigenvalue weighted by Crippen LogP contribution is -2.15. The molecule has 0 N–H and O–H groups in total. The Hall–Kier alpha value is -1.04. The maximum Gasteiger partial charge on any atom is -0.0100 e. The Morgan fingerprint density at radius 2 is 1.62 bits per heavy atom. The zero-order valence-electron chi connectivity index (χ0n) is 11.5. The van der Waals surface area contributed by atoms with Gasteiger partial charge in [0, 0.05) is 0 Å². The molecule has 0 aliphatic carbocycles. The smallest absolute Gasteiger partial charge is 0.0100 e. The Kier molecular flexibility index (Phi) is 6.80. The van der Waals surface area contributed by atoms with E-state index in [1.54, 1.807) is 0 Å². The van der Waals surface area contributed by atoms with Crippen molar-refractivity contribution < 1.29 is 0 Å². The molecule has 0 saturated carbocycles. The third-order valence-electron chi connectivity index (χ3n) is 3.00. The van der Waals surface area contributed by atoms with Crippen molar-refractivity contribution in [3.8, 4) is 0 Å². The van der Waals surface area contributed by atoms with Gasteiger partial charge in [-0.1, -0.05) is 65.0 Å². The summed E-state index contributed by atoms with van der Waals surface area (Å²) in [6.07, 6.45) is 4.08. The Morgan fingerprint density at radius 1 is 1.12 bits per heavy atom. The molecule has 0 aromatic heterocycles. The van der Waals surface area contributed by atoms with E-state index >= 15 is 0 Å². The van der Waals surface area contributed by atoms with Crippen LogP contribution in [-0.4, -0.2) is 0 Å². The average Bonchev–Trinajstić information content (AvgIpc) is 2.33. The maximum absolute atomic E-state index is 3.74. The van der Waals surface area contributed by atoms with Gasteiger partial charge < -0.3 is 0 Å². The minimum absolute atomic E-state index is 0.298. The monoisotopic (exact) mass is 218 g/mol. The molecule has 0 heterocycles. The standard InChI is InChI=1S/C14H20.C2H6/c1-5-7-12-8-10-13(11-9-12)14(3,4)6-2;1-2/h5,8-11H,1,6-7H2,2-4H3;1-2H3. The second kappa shape index (κ2) is 7.27. The molecule has 0 aliphatic heterocycles. The molecule has 0 nitrogen and oxygen atoms in total. The van der Waals surface area contributed by atoms with Crippen molar-refractivity contribution in [2.45, 2.75) is 52.9 Å². The Morgan fingerprint density at radius 3 is 2.00 bits per heavy atom. The second-order valence-electron chi connectivity index (χ2n) is 4.43. The van der Waals surface area contributed by atoms with Crippen LogP contribution in [0.4, 0.5) is 0 Å². The van der Waals surface area contributed by atoms with Gasteiger partial charge in [0.15, 0.2) is 0 Å². The summed E-state index contributed by atoms with van der Waals surface area (Å²) in [5, 5.41) is 0. The van der Waals surface area contributed by atoms with Crippen LogP contribution in [0, 0.1) is 0 Å². The summed E-state index contributed by atoms with van der Waals surface area (Å²) in [6, 6.07) is 8.88. The minimum atomic E-state index is 0.298. The van der Waals surface area contributed by atoms with E-state index in [-0.39, 0.29) is 0 Å². The largest absolute Gasteiger partial charge is 0.103 e. The van der Waals surface area contributed by atoms with Crippen LogP contribution in [0.3, 0.4) is 0 Å². The first-order chi connectivity index (χ1) is 7.60. The molecule has 1 aromatic rings. The van der Waals surface area contributed by atoms with Crippen molar-refractivity contribution in [3.63, 3.8) is 0 Å². The van der Waals surface area contributed by atoms with Crippen LogP contribution in [0.15, 0.2) is 36.9 Å². The van der Waals surface area contributed by atoms with Gasteiger partial charge in [0.2, 0.25) is 0 Å². The molecule has 16 heavy (non-hydrogen) atoms. The molecule has 0 atom stereocenters. The van der Waals surface area contributed by atoms with E-state index in [1.165, 1.54) is 17.5 Å². The fraction of sp³-hybridized carbons (Fsp3) is 0.500. The highest BCUT2D eigenvalue weighted by molar-refractivity contribution is 5.28. The maximum atomic E-state index is 3.74. The predicted octanol–water partition coefficient (Wildman–Crippen LogP) is 5.13. The SMILES string of the molecule is C=CCc1ccc(C(C)(C)CC)cc1.CC. The highest BCUT2D eigenvalue weighted by Gasteiger charge is 2.16. The molecule has 0 fully saturated rings. The quantitative estimate of drug-likeness (QED) is 0.615. The van der Waals surface area contributed by atoms with Gasteiger partial charge in [-0.25, -0.2) is 0 Å². The van der Waals surface area contributed by atoms with Crippen molar-refractivity contribution in [2.24, 2.45) is 0 Å². The second-order valence-corrected chi connectivity index (χ2v) is 4.43. The summed E-state index contributed by atoms with van der Waals surface area (Å²) in [5.74, 6) is 0. The summed E-state index contributed by atoms with van der Waals surface area (Å²) in [5.41, 5.74) is 3.07. The van der Waals surface area contributed by atoms with Crippen molar-refractivity contribution >= 4 is 0 Å². The Balaban J connectivity index is 0.00000106. The average molecular weight is 218 g/mol. The van der Waals surface area contributed by atoms with Gasteiger partial charge in [0.05, 0.1) is 0 Å². The molecule has 0 spiro atoms. The molecule has 0 unspecified atom stereocenters. The van der Waals surface area contributed by atoms with Gasteiger partial charge in [0.1, 0.15) is 0 Å². The molecular weight excluding hydrogens is 192 g/mol. The normalized spacial score (nSPS) is 10.3. The van der Waals surface area contributed by atoms with Gasteiger partial charge in [-0.15, -0.1) is 6.58 Å². The van der Waals surface area contributed by atoms with Crippen LogP contribution in [0.1, 0.15) is 52.2 Å². The van der Waals surface area contributed by atoms with E-state index in [0.717, 1.165) is 6.42 Å². The van der Waals surface area contributed by atoms with E-state index in [9.17, 15) is 0 Å². The third-order valence-corrected chi connectivity index (χ3v) is 3.00. The Bertz CT molecular complexity index is 290. The fourth-order valence-corrected chi connectivity index (χ4v) is 1.46. The van der Waals surface area contributed by atoms with E-state index in [1.807, 2.05) is 19.9 Å². The summed E-state index contributed by atoms with van der Waals surface area (Å²) in [7, 11) is 0. The zero-order chi connectivity index (χ0) is 12.6. The van der Waals surface area contributed by atoms with Crippen molar-refractivity contribution in [1.29, 1.82) is 0 Å². The lowest BCUT2D eigenvalue weighted by Gasteiger charge is -2.23. The highest BCUT2D eigenvalue weighted by atomic mass is 14.2. The zero-order valence-corrected chi connectivity index (χ0v) is 11.5. The summed E-state index contributed by atoms with van der Waals surface area (Å²) in [4.78, 5) is 0. The Labute approximate surface area is 101 Å². The third kappa shape index (κ3) is 4.22. The molecule has 0 aliphatic rings. The predicted molar refractivity (Wildman–Crippen MR) is 75.0 cm³/mol. The van der Waals surface area contributed by atoms with E-state index < -0.39 is 0 Å². The van der Waals surface area contributed by atoms with Crippen molar-refractivity contribution in [3.05, 3.63) is 48.0 Å². The van der Waals surface area contributed by atoms with Crippen LogP contribution in [0.25, 0.3) is 0 Å². The molecule has 1 aromatic carbocycles. The van der Waals surface area contributed by atoms with Gasteiger partial charge >= 0.3 is 0 Å². The molecule has 0 radical (unpaired) electrons. The number of hydrogen-bond acceptors (Lipinski definition) is 0. The summed E-state index contributed by atoms with van der Waals surface area (Å²) < 4.78 is 0. The molecule has 90 valence electrons. The van der Waals surface area contributed by atoms with E-state index in [2.05, 4.69) is 51.6 Å². The number of benzene rings is 1. The van der Waals surface area contributed by atoms with Gasteiger partial charge in [-0.3, -0.25) is 0 Å². The highest BCUT2D eigenvalue weighted by Crippen LogP contribution is 2.26. The van der Waals surface area contributed by atoms with Gasteiger partial charge in [-0.2, -0.15) is 0 Å². The molecule has 0 bridgehead atoms. The first-order valence-corrected chi connectivity index (χ1v) is 6.30.